The first-order valence-corrected chi connectivity index (χ1v) is 5.28. The van der Waals surface area contributed by atoms with E-state index in [0.29, 0.717) is 17.9 Å². The van der Waals surface area contributed by atoms with E-state index >= 15 is 0 Å². The van der Waals surface area contributed by atoms with Crippen LogP contribution in [0.3, 0.4) is 0 Å². The van der Waals surface area contributed by atoms with Crippen molar-refractivity contribution in [1.82, 2.24) is 10.3 Å². The van der Waals surface area contributed by atoms with E-state index in [1.165, 1.54) is 0 Å². The van der Waals surface area contributed by atoms with Gasteiger partial charge >= 0.3 is 6.18 Å². The van der Waals surface area contributed by atoms with E-state index in [4.69, 9.17) is 0 Å². The third-order valence-electron chi connectivity index (χ3n) is 1.56. The molecule has 1 aromatic rings. The van der Waals surface area contributed by atoms with Crippen molar-refractivity contribution in [3.63, 3.8) is 0 Å². The Hall–Kier alpha value is -1.31. The molecule has 1 aromatic heterocycles. The fraction of sp³-hybridized carbons (Fsp3) is 0.500. The van der Waals surface area contributed by atoms with E-state index in [-0.39, 0.29) is 17.6 Å². The van der Waals surface area contributed by atoms with Crippen LogP contribution in [0.25, 0.3) is 0 Å². The normalized spacial score (nSPS) is 11.2. The average molecular weight is 253 g/mol. The fourth-order valence-electron chi connectivity index (χ4n) is 0.902. The lowest BCUT2D eigenvalue weighted by molar-refractivity contribution is -0.134. The molecule has 8 heteroatoms. The molecule has 0 fully saturated rings. The van der Waals surface area contributed by atoms with E-state index in [1.807, 2.05) is 0 Å². The van der Waals surface area contributed by atoms with Gasteiger partial charge in [-0.15, -0.1) is 0 Å². The highest BCUT2D eigenvalue weighted by molar-refractivity contribution is 7.15. The number of nitrogens with zero attached hydrogens (tertiary/aromatic N) is 1. The molecule has 0 bridgehead atoms. The minimum absolute atomic E-state index is 0.0820. The molecule has 2 N–H and O–H groups in total. The molecule has 90 valence electrons. The van der Waals surface area contributed by atoms with Crippen LogP contribution in [0.2, 0.25) is 0 Å². The van der Waals surface area contributed by atoms with Gasteiger partial charge < -0.3 is 10.6 Å². The Kier molecular flexibility index (Phi) is 4.11. The molecular weight excluding hydrogens is 243 g/mol. The summed E-state index contributed by atoms with van der Waals surface area (Å²) in [6.07, 6.45) is -3.64. The summed E-state index contributed by atoms with van der Waals surface area (Å²) < 4.78 is 36.6. The number of hydrogen-bond acceptors (Lipinski definition) is 4. The maximum absolute atomic E-state index is 12.2. The second-order valence-corrected chi connectivity index (χ2v) is 3.87. The van der Waals surface area contributed by atoms with Crippen molar-refractivity contribution in [3.05, 3.63) is 11.1 Å². The zero-order valence-corrected chi connectivity index (χ0v) is 9.21. The van der Waals surface area contributed by atoms with Crippen molar-refractivity contribution >= 4 is 22.4 Å². The first-order chi connectivity index (χ1) is 7.43. The van der Waals surface area contributed by atoms with E-state index in [9.17, 15) is 18.0 Å². The molecule has 1 heterocycles. The van der Waals surface area contributed by atoms with Gasteiger partial charge in [0.05, 0.1) is 12.7 Å². The van der Waals surface area contributed by atoms with Crippen molar-refractivity contribution in [1.29, 1.82) is 0 Å². The molecule has 0 radical (unpaired) electrons. The molecule has 0 aliphatic carbocycles. The molecule has 4 nitrogen and oxygen atoms in total. The third-order valence-corrected chi connectivity index (χ3v) is 2.56. The molecule has 0 unspecified atom stereocenters. The highest BCUT2D eigenvalue weighted by Gasteiger charge is 2.33. The predicted molar refractivity (Wildman–Crippen MR) is 54.3 cm³/mol. The zero-order valence-electron chi connectivity index (χ0n) is 8.39. The van der Waals surface area contributed by atoms with Gasteiger partial charge in [-0.1, -0.05) is 11.3 Å². The summed E-state index contributed by atoms with van der Waals surface area (Å²) in [5.41, 5.74) is 0. The van der Waals surface area contributed by atoms with Crippen molar-refractivity contribution in [2.75, 3.05) is 18.4 Å². The van der Waals surface area contributed by atoms with E-state index in [0.717, 1.165) is 6.20 Å². The molecule has 0 aliphatic rings. The van der Waals surface area contributed by atoms with Crippen LogP contribution < -0.4 is 10.6 Å². The number of hydrogen-bond donors (Lipinski definition) is 2. The summed E-state index contributed by atoms with van der Waals surface area (Å²) >= 11 is 0.473. The van der Waals surface area contributed by atoms with Crippen LogP contribution in [-0.4, -0.2) is 24.0 Å². The Labute approximate surface area is 93.9 Å². The number of amides is 1. The average Bonchev–Trinajstić information content (AvgIpc) is 2.63. The smallest absolute Gasteiger partial charge is 0.355 e. The summed E-state index contributed by atoms with van der Waals surface area (Å²) in [4.78, 5) is 13.7. The lowest BCUT2D eigenvalue weighted by Gasteiger charge is -2.02. The van der Waals surface area contributed by atoms with Gasteiger partial charge in [-0.25, -0.2) is 4.98 Å². The summed E-state index contributed by atoms with van der Waals surface area (Å²) in [7, 11) is 0. The van der Waals surface area contributed by atoms with Gasteiger partial charge in [-0.3, -0.25) is 4.79 Å². The van der Waals surface area contributed by atoms with Crippen LogP contribution in [0.4, 0.5) is 18.3 Å². The fourth-order valence-corrected chi connectivity index (χ4v) is 1.58. The van der Waals surface area contributed by atoms with Gasteiger partial charge in [0.25, 0.3) is 0 Å². The van der Waals surface area contributed by atoms with Crippen LogP contribution in [0.5, 0.6) is 0 Å². The molecule has 0 spiro atoms. The Morgan fingerprint density at radius 2 is 2.25 bits per heavy atom. The van der Waals surface area contributed by atoms with Crippen molar-refractivity contribution in [2.45, 2.75) is 13.1 Å². The second kappa shape index (κ2) is 5.15. The highest BCUT2D eigenvalue weighted by atomic mass is 32.1. The zero-order chi connectivity index (χ0) is 12.2. The van der Waals surface area contributed by atoms with Gasteiger partial charge in [-0.2, -0.15) is 13.2 Å². The Morgan fingerprint density at radius 3 is 2.75 bits per heavy atom. The molecule has 1 amide bonds. The number of thiazole rings is 1. The molecular formula is C8H10F3N3OS. The number of alkyl halides is 3. The lowest BCUT2D eigenvalue weighted by atomic mass is 10.5. The summed E-state index contributed by atoms with van der Waals surface area (Å²) in [5, 5.41) is 5.11. The number of halogens is 3. The first-order valence-electron chi connectivity index (χ1n) is 4.47. The number of carbonyl (C=O) groups excluding carboxylic acids is 1. The van der Waals surface area contributed by atoms with Gasteiger partial charge in [0, 0.05) is 6.54 Å². The molecule has 1 rings (SSSR count). The number of rotatable bonds is 4. The van der Waals surface area contributed by atoms with E-state index in [2.05, 4.69) is 15.6 Å². The first kappa shape index (κ1) is 12.8. The predicted octanol–water partition coefficient (Wildman–Crippen LogP) is 1.71. The molecule has 16 heavy (non-hydrogen) atoms. The Morgan fingerprint density at radius 1 is 1.56 bits per heavy atom. The number of carbonyl (C=O) groups is 1. The molecule has 0 atom stereocenters. The number of likely N-dealkylation sites (N-methyl/N-ethyl adjacent to an activating group) is 1. The number of anilines is 1. The number of nitrogens with one attached hydrogen (secondary N) is 2. The Balaban J connectivity index is 2.50. The van der Waals surface area contributed by atoms with E-state index in [1.54, 1.807) is 6.92 Å². The Bertz CT molecular complexity index is 364. The van der Waals surface area contributed by atoms with Crippen LogP contribution in [0, 0.1) is 0 Å². The largest absolute Gasteiger partial charge is 0.427 e. The monoisotopic (exact) mass is 253 g/mol. The van der Waals surface area contributed by atoms with Gasteiger partial charge in [0.1, 0.15) is 4.88 Å². The number of aromatic nitrogens is 1. The SMILES string of the molecule is CCNC(=O)CNc1ncc(C(F)(F)F)s1. The minimum atomic E-state index is -4.39. The molecule has 0 aromatic carbocycles. The quantitative estimate of drug-likeness (QED) is 0.859. The van der Waals surface area contributed by atoms with Crippen LogP contribution >= 0.6 is 11.3 Å². The molecule has 0 aliphatic heterocycles. The summed E-state index contributed by atoms with van der Waals surface area (Å²) in [6.45, 7) is 2.15. The highest BCUT2D eigenvalue weighted by Crippen LogP contribution is 2.34. The van der Waals surface area contributed by atoms with Crippen molar-refractivity contribution in [2.24, 2.45) is 0 Å². The van der Waals surface area contributed by atoms with Gasteiger partial charge in [-0.05, 0) is 6.92 Å². The van der Waals surface area contributed by atoms with Crippen LogP contribution in [-0.2, 0) is 11.0 Å². The molecule has 0 saturated carbocycles. The minimum Gasteiger partial charge on any atom is -0.355 e. The maximum Gasteiger partial charge on any atom is 0.427 e. The van der Waals surface area contributed by atoms with Gasteiger partial charge in [0.2, 0.25) is 5.91 Å². The second-order valence-electron chi connectivity index (χ2n) is 2.83. The van der Waals surface area contributed by atoms with E-state index < -0.39 is 11.1 Å². The topological polar surface area (TPSA) is 54.0 Å². The summed E-state index contributed by atoms with van der Waals surface area (Å²) in [5.74, 6) is -0.286. The van der Waals surface area contributed by atoms with Crippen molar-refractivity contribution < 1.29 is 18.0 Å². The van der Waals surface area contributed by atoms with Gasteiger partial charge in [0.15, 0.2) is 5.13 Å². The lowest BCUT2D eigenvalue weighted by Crippen LogP contribution is -2.29. The van der Waals surface area contributed by atoms with Crippen molar-refractivity contribution in [3.8, 4) is 0 Å². The maximum atomic E-state index is 12.2. The van der Waals surface area contributed by atoms with Crippen LogP contribution in [0.15, 0.2) is 6.20 Å². The standard InChI is InChI=1S/C8H10F3N3OS/c1-2-12-6(15)4-14-7-13-3-5(16-7)8(9,10)11/h3H,2,4H2,1H3,(H,12,15)(H,13,14). The third kappa shape index (κ3) is 3.69. The molecule has 0 saturated heterocycles. The van der Waals surface area contributed by atoms with Crippen LogP contribution in [0.1, 0.15) is 11.8 Å². The summed E-state index contributed by atoms with van der Waals surface area (Å²) in [6, 6.07) is 0.